The number of carbonyl (C=O) groups is 1. The number of aldehydes is 1. The van der Waals surface area contributed by atoms with Crippen molar-refractivity contribution in [2.45, 2.75) is 26.2 Å². The van der Waals surface area contributed by atoms with Crippen LogP contribution in [0.25, 0.3) is 0 Å². The van der Waals surface area contributed by atoms with E-state index in [0.29, 0.717) is 5.02 Å². The summed E-state index contributed by atoms with van der Waals surface area (Å²) >= 11 is 5.80. The lowest BCUT2D eigenvalue weighted by Crippen LogP contribution is -2.30. The molecule has 1 aromatic rings. The highest BCUT2D eigenvalue weighted by Crippen LogP contribution is 2.30. The molecular formula is C12H15ClO. The van der Waals surface area contributed by atoms with E-state index in [1.54, 1.807) is 0 Å². The Morgan fingerprint density at radius 1 is 1.29 bits per heavy atom. The van der Waals surface area contributed by atoms with Crippen LogP contribution >= 0.6 is 11.6 Å². The van der Waals surface area contributed by atoms with Crippen LogP contribution in [-0.2, 0) is 10.2 Å². The van der Waals surface area contributed by atoms with E-state index in [1.807, 2.05) is 45.0 Å². The lowest BCUT2D eigenvalue weighted by atomic mass is 9.75. The fourth-order valence-corrected chi connectivity index (χ4v) is 1.47. The van der Waals surface area contributed by atoms with Crippen molar-refractivity contribution in [3.63, 3.8) is 0 Å². The molecule has 0 N–H and O–H groups in total. The maximum absolute atomic E-state index is 11.1. The topological polar surface area (TPSA) is 17.1 Å². The lowest BCUT2D eigenvalue weighted by Gasteiger charge is -2.28. The fourth-order valence-electron chi connectivity index (χ4n) is 1.35. The van der Waals surface area contributed by atoms with Gasteiger partial charge in [-0.25, -0.2) is 0 Å². The Labute approximate surface area is 90.1 Å². The molecule has 2 heteroatoms. The third kappa shape index (κ3) is 1.98. The maximum Gasteiger partial charge on any atom is 0.130 e. The smallest absolute Gasteiger partial charge is 0.130 e. The predicted octanol–water partition coefficient (Wildman–Crippen LogP) is 3.45. The van der Waals surface area contributed by atoms with Crippen molar-refractivity contribution < 1.29 is 4.79 Å². The highest BCUT2D eigenvalue weighted by molar-refractivity contribution is 6.30. The summed E-state index contributed by atoms with van der Waals surface area (Å²) in [7, 11) is 0. The SMILES string of the molecule is CC(C)C(C)(C=O)c1ccc(Cl)cc1. The molecule has 0 aliphatic carbocycles. The highest BCUT2D eigenvalue weighted by atomic mass is 35.5. The fraction of sp³-hybridized carbons (Fsp3) is 0.417. The van der Waals surface area contributed by atoms with Crippen molar-refractivity contribution in [2.75, 3.05) is 0 Å². The second kappa shape index (κ2) is 4.14. The van der Waals surface area contributed by atoms with Crippen LogP contribution in [0.5, 0.6) is 0 Å². The second-order valence-corrected chi connectivity index (χ2v) is 4.50. The van der Waals surface area contributed by atoms with Crippen molar-refractivity contribution >= 4 is 17.9 Å². The van der Waals surface area contributed by atoms with Gasteiger partial charge < -0.3 is 4.79 Å². The molecule has 0 spiro atoms. The summed E-state index contributed by atoms with van der Waals surface area (Å²) in [5.41, 5.74) is 0.608. The third-order valence-corrected chi connectivity index (χ3v) is 3.16. The molecular weight excluding hydrogens is 196 g/mol. The van der Waals surface area contributed by atoms with E-state index in [2.05, 4.69) is 0 Å². The van der Waals surface area contributed by atoms with Crippen molar-refractivity contribution in [2.24, 2.45) is 5.92 Å². The molecule has 0 radical (unpaired) electrons. The van der Waals surface area contributed by atoms with Gasteiger partial charge in [-0.05, 0) is 30.5 Å². The van der Waals surface area contributed by atoms with Gasteiger partial charge in [-0.3, -0.25) is 0 Å². The van der Waals surface area contributed by atoms with Gasteiger partial charge in [-0.1, -0.05) is 37.6 Å². The molecule has 0 aliphatic heterocycles. The Balaban J connectivity index is 3.13. The van der Waals surface area contributed by atoms with Crippen molar-refractivity contribution in [3.05, 3.63) is 34.9 Å². The van der Waals surface area contributed by atoms with Gasteiger partial charge in [0.2, 0.25) is 0 Å². The minimum Gasteiger partial charge on any atom is -0.302 e. The van der Waals surface area contributed by atoms with Gasteiger partial charge in [-0.2, -0.15) is 0 Å². The van der Waals surface area contributed by atoms with Crippen LogP contribution in [-0.4, -0.2) is 6.29 Å². The molecule has 76 valence electrons. The molecule has 0 fully saturated rings. The molecule has 0 amide bonds. The van der Waals surface area contributed by atoms with Crippen LogP contribution in [0, 0.1) is 5.92 Å². The number of hydrogen-bond acceptors (Lipinski definition) is 1. The zero-order chi connectivity index (χ0) is 10.8. The molecule has 1 atom stereocenters. The molecule has 0 aliphatic rings. The number of hydrogen-bond donors (Lipinski definition) is 0. The van der Waals surface area contributed by atoms with E-state index in [0.717, 1.165) is 11.8 Å². The Kier molecular flexibility index (Phi) is 3.33. The third-order valence-electron chi connectivity index (χ3n) is 2.91. The van der Waals surface area contributed by atoms with E-state index >= 15 is 0 Å². The molecule has 14 heavy (non-hydrogen) atoms. The standard InChI is InChI=1S/C12H15ClO/c1-9(2)12(3,8-14)10-4-6-11(13)7-5-10/h4-9H,1-3H3. The van der Waals surface area contributed by atoms with Crippen LogP contribution < -0.4 is 0 Å². The molecule has 1 aromatic carbocycles. The summed E-state index contributed by atoms with van der Waals surface area (Å²) in [6.45, 7) is 6.04. The van der Waals surface area contributed by atoms with Crippen LogP contribution in [0.1, 0.15) is 26.3 Å². The van der Waals surface area contributed by atoms with E-state index in [1.165, 1.54) is 0 Å². The van der Waals surface area contributed by atoms with Crippen molar-refractivity contribution in [1.29, 1.82) is 0 Å². The average Bonchev–Trinajstić information content (AvgIpc) is 2.17. The van der Waals surface area contributed by atoms with E-state index < -0.39 is 5.41 Å². The van der Waals surface area contributed by atoms with Gasteiger partial charge in [0.1, 0.15) is 6.29 Å². The van der Waals surface area contributed by atoms with E-state index in [4.69, 9.17) is 11.6 Å². The summed E-state index contributed by atoms with van der Waals surface area (Å²) in [4.78, 5) is 11.1. The number of benzene rings is 1. The highest BCUT2D eigenvalue weighted by Gasteiger charge is 2.29. The average molecular weight is 211 g/mol. The summed E-state index contributed by atoms with van der Waals surface area (Å²) in [5.74, 6) is 0.279. The second-order valence-electron chi connectivity index (χ2n) is 4.06. The normalized spacial score (nSPS) is 15.2. The first-order valence-corrected chi connectivity index (χ1v) is 5.11. The van der Waals surface area contributed by atoms with Crippen molar-refractivity contribution in [1.82, 2.24) is 0 Å². The zero-order valence-corrected chi connectivity index (χ0v) is 9.51. The summed E-state index contributed by atoms with van der Waals surface area (Å²) in [5, 5.41) is 0.700. The minimum atomic E-state index is -0.412. The van der Waals surface area contributed by atoms with Crippen molar-refractivity contribution in [3.8, 4) is 0 Å². The summed E-state index contributed by atoms with van der Waals surface area (Å²) in [6.07, 6.45) is 1.01. The largest absolute Gasteiger partial charge is 0.302 e. The van der Waals surface area contributed by atoms with Gasteiger partial charge in [0.15, 0.2) is 0 Å². The predicted molar refractivity (Wildman–Crippen MR) is 59.7 cm³/mol. The summed E-state index contributed by atoms with van der Waals surface area (Å²) < 4.78 is 0. The van der Waals surface area contributed by atoms with E-state index in [9.17, 15) is 4.79 Å². The Morgan fingerprint density at radius 2 is 1.79 bits per heavy atom. The quantitative estimate of drug-likeness (QED) is 0.699. The molecule has 0 aromatic heterocycles. The molecule has 1 rings (SSSR count). The van der Waals surface area contributed by atoms with Gasteiger partial charge in [0, 0.05) is 5.02 Å². The van der Waals surface area contributed by atoms with Gasteiger partial charge in [0.05, 0.1) is 5.41 Å². The number of carbonyl (C=O) groups excluding carboxylic acids is 1. The van der Waals surface area contributed by atoms with Crippen LogP contribution in [0.4, 0.5) is 0 Å². The van der Waals surface area contributed by atoms with Crippen LogP contribution in [0.2, 0.25) is 5.02 Å². The molecule has 0 saturated heterocycles. The molecule has 1 nitrogen and oxygen atoms in total. The Hall–Kier alpha value is -0.820. The zero-order valence-electron chi connectivity index (χ0n) is 8.75. The molecule has 0 heterocycles. The molecule has 1 unspecified atom stereocenters. The summed E-state index contributed by atoms with van der Waals surface area (Å²) in [6, 6.07) is 7.47. The molecule has 0 saturated carbocycles. The minimum absolute atomic E-state index is 0.279. The number of rotatable bonds is 3. The van der Waals surface area contributed by atoms with Gasteiger partial charge in [0.25, 0.3) is 0 Å². The van der Waals surface area contributed by atoms with Gasteiger partial charge >= 0.3 is 0 Å². The first-order valence-electron chi connectivity index (χ1n) is 4.73. The first-order chi connectivity index (χ1) is 6.50. The Morgan fingerprint density at radius 3 is 2.14 bits per heavy atom. The Bertz CT molecular complexity index is 316. The number of halogens is 1. The first kappa shape index (κ1) is 11.3. The van der Waals surface area contributed by atoms with Crippen LogP contribution in [0.3, 0.4) is 0 Å². The van der Waals surface area contributed by atoms with Gasteiger partial charge in [-0.15, -0.1) is 0 Å². The van der Waals surface area contributed by atoms with E-state index in [-0.39, 0.29) is 5.92 Å². The van der Waals surface area contributed by atoms with Crippen LogP contribution in [0.15, 0.2) is 24.3 Å². The molecule has 0 bridgehead atoms. The monoisotopic (exact) mass is 210 g/mol. The maximum atomic E-state index is 11.1. The lowest BCUT2D eigenvalue weighted by molar-refractivity contribution is -0.113.